The van der Waals surface area contributed by atoms with Crippen LogP contribution in [0.25, 0.3) is 5.69 Å². The first-order chi connectivity index (χ1) is 17.6. The van der Waals surface area contributed by atoms with Crippen molar-refractivity contribution < 1.29 is 9.53 Å². The van der Waals surface area contributed by atoms with E-state index in [0.29, 0.717) is 18.1 Å². The molecule has 0 bridgehead atoms. The van der Waals surface area contributed by atoms with Crippen LogP contribution in [0.4, 0.5) is 5.69 Å². The van der Waals surface area contributed by atoms with Crippen molar-refractivity contribution in [2.24, 2.45) is 0 Å². The maximum Gasteiger partial charge on any atom is 0.226 e. The van der Waals surface area contributed by atoms with Crippen molar-refractivity contribution in [2.45, 2.75) is 18.5 Å². The molecular formula is C28H27N5O2S. The molecule has 2 atom stereocenters. The fourth-order valence-electron chi connectivity index (χ4n) is 4.57. The number of thiocarbonyl (C=S) groups is 1. The molecule has 4 aromatic rings. The smallest absolute Gasteiger partial charge is 0.226 e. The van der Waals surface area contributed by atoms with Gasteiger partial charge in [0, 0.05) is 48.5 Å². The number of ether oxygens (including phenoxy) is 1. The van der Waals surface area contributed by atoms with Gasteiger partial charge in [-0.2, -0.15) is 0 Å². The van der Waals surface area contributed by atoms with E-state index in [0.717, 1.165) is 28.5 Å². The number of hydrogen-bond donors (Lipinski definition) is 2. The monoisotopic (exact) mass is 497 g/mol. The summed E-state index contributed by atoms with van der Waals surface area (Å²) in [6, 6.07) is 27.0. The number of para-hydroxylation sites is 1. The van der Waals surface area contributed by atoms with E-state index in [9.17, 15) is 4.79 Å². The Labute approximate surface area is 215 Å². The molecule has 1 aliphatic heterocycles. The Balaban J connectivity index is 1.46. The van der Waals surface area contributed by atoms with Crippen LogP contribution in [0.3, 0.4) is 0 Å². The maximum absolute atomic E-state index is 12.7. The Morgan fingerprint density at radius 3 is 2.67 bits per heavy atom. The van der Waals surface area contributed by atoms with Crippen LogP contribution in [0.2, 0.25) is 0 Å². The first-order valence-corrected chi connectivity index (χ1v) is 12.2. The van der Waals surface area contributed by atoms with E-state index in [2.05, 4.69) is 31.2 Å². The first-order valence-electron chi connectivity index (χ1n) is 11.8. The third-order valence-electron chi connectivity index (χ3n) is 6.25. The number of rotatable bonds is 8. The number of amides is 1. The van der Waals surface area contributed by atoms with Gasteiger partial charge >= 0.3 is 0 Å². The predicted octanol–water partition coefficient (Wildman–Crippen LogP) is 4.88. The standard InChI is InChI=1S/C28H27N5O2S/c1-35-22-12-7-11-21(19-22)32-17-8-14-24(32)27-26(23-13-5-6-16-29-23)31-28(36)33(27)18-15-25(34)30-20-9-3-2-4-10-20/h2-14,16-17,19,26-27H,15,18H2,1H3,(H,30,34)(H,31,36)/t26-,27+/m0/s1. The molecule has 0 unspecified atom stereocenters. The van der Waals surface area contributed by atoms with Crippen LogP contribution in [0.15, 0.2) is 97.3 Å². The minimum Gasteiger partial charge on any atom is -0.497 e. The van der Waals surface area contributed by atoms with E-state index < -0.39 is 0 Å². The normalized spacial score (nSPS) is 17.0. The van der Waals surface area contributed by atoms with E-state index in [1.165, 1.54) is 0 Å². The topological polar surface area (TPSA) is 71.4 Å². The lowest BCUT2D eigenvalue weighted by Gasteiger charge is -2.29. The summed E-state index contributed by atoms with van der Waals surface area (Å²) in [4.78, 5) is 19.4. The average molecular weight is 498 g/mol. The Kier molecular flexibility index (Phi) is 6.95. The molecule has 0 radical (unpaired) electrons. The van der Waals surface area contributed by atoms with E-state index >= 15 is 0 Å². The fourth-order valence-corrected chi connectivity index (χ4v) is 4.90. The number of aromatic nitrogens is 2. The number of benzene rings is 2. The summed E-state index contributed by atoms with van der Waals surface area (Å²) in [6.07, 6.45) is 4.11. The van der Waals surface area contributed by atoms with Crippen LogP contribution in [-0.4, -0.2) is 39.1 Å². The SMILES string of the molecule is COc1cccc(-n2cccc2[C@@H]2[C@H](c3ccccn3)NC(=S)N2CCC(=O)Nc2ccccc2)c1. The van der Waals surface area contributed by atoms with Crippen LogP contribution >= 0.6 is 12.2 Å². The molecule has 36 heavy (non-hydrogen) atoms. The van der Waals surface area contributed by atoms with Crippen LogP contribution in [0.1, 0.15) is 29.9 Å². The summed E-state index contributed by atoms with van der Waals surface area (Å²) in [5.74, 6) is 0.718. The van der Waals surface area contributed by atoms with Crippen molar-refractivity contribution in [3.8, 4) is 11.4 Å². The molecule has 2 N–H and O–H groups in total. The molecule has 1 fully saturated rings. The molecule has 182 valence electrons. The van der Waals surface area contributed by atoms with Crippen molar-refractivity contribution in [1.29, 1.82) is 0 Å². The van der Waals surface area contributed by atoms with Gasteiger partial charge in [-0.05, 0) is 60.7 Å². The molecule has 0 aliphatic carbocycles. The second-order valence-electron chi connectivity index (χ2n) is 8.49. The minimum atomic E-state index is -0.171. The summed E-state index contributed by atoms with van der Waals surface area (Å²) < 4.78 is 7.58. The van der Waals surface area contributed by atoms with Gasteiger partial charge in [0.1, 0.15) is 5.75 Å². The molecule has 2 aromatic heterocycles. The van der Waals surface area contributed by atoms with E-state index in [4.69, 9.17) is 17.0 Å². The lowest BCUT2D eigenvalue weighted by molar-refractivity contribution is -0.116. The van der Waals surface area contributed by atoms with Gasteiger partial charge in [0.15, 0.2) is 5.11 Å². The molecule has 8 heteroatoms. The van der Waals surface area contributed by atoms with E-state index in [-0.39, 0.29) is 18.0 Å². The average Bonchev–Trinajstić information content (AvgIpc) is 3.53. The predicted molar refractivity (Wildman–Crippen MR) is 144 cm³/mol. The highest BCUT2D eigenvalue weighted by molar-refractivity contribution is 7.80. The summed E-state index contributed by atoms with van der Waals surface area (Å²) in [6.45, 7) is 0.460. The van der Waals surface area contributed by atoms with Gasteiger partial charge in [-0.25, -0.2) is 0 Å². The Morgan fingerprint density at radius 2 is 1.89 bits per heavy atom. The molecule has 0 spiro atoms. The van der Waals surface area contributed by atoms with Crippen LogP contribution in [-0.2, 0) is 4.79 Å². The molecule has 1 saturated heterocycles. The second kappa shape index (κ2) is 10.6. The minimum absolute atomic E-state index is 0.0628. The van der Waals surface area contributed by atoms with Crippen LogP contribution in [0, 0.1) is 0 Å². The number of nitrogens with one attached hydrogen (secondary N) is 2. The summed E-state index contributed by atoms with van der Waals surface area (Å²) in [5, 5.41) is 7.02. The molecule has 0 saturated carbocycles. The second-order valence-corrected chi connectivity index (χ2v) is 8.88. The fraction of sp³-hybridized carbons (Fsp3) is 0.179. The Morgan fingerprint density at radius 1 is 1.06 bits per heavy atom. The summed E-state index contributed by atoms with van der Waals surface area (Å²) in [5.41, 5.74) is 3.68. The van der Waals surface area contributed by atoms with E-state index in [1.807, 2.05) is 85.1 Å². The molecule has 1 amide bonds. The molecule has 5 rings (SSSR count). The van der Waals surface area contributed by atoms with Crippen LogP contribution < -0.4 is 15.4 Å². The zero-order valence-corrected chi connectivity index (χ0v) is 20.7. The number of anilines is 1. The third-order valence-corrected chi connectivity index (χ3v) is 6.60. The van der Waals surface area contributed by atoms with Gasteiger partial charge in [-0.15, -0.1) is 0 Å². The van der Waals surface area contributed by atoms with Crippen molar-refractivity contribution in [2.75, 3.05) is 19.0 Å². The first kappa shape index (κ1) is 23.6. The zero-order valence-electron chi connectivity index (χ0n) is 19.9. The van der Waals surface area contributed by atoms with Gasteiger partial charge in [0.2, 0.25) is 5.91 Å². The summed E-state index contributed by atoms with van der Waals surface area (Å²) >= 11 is 5.78. The molecular weight excluding hydrogens is 470 g/mol. The van der Waals surface area contributed by atoms with Gasteiger partial charge in [-0.3, -0.25) is 9.78 Å². The van der Waals surface area contributed by atoms with E-state index in [1.54, 1.807) is 13.3 Å². The Bertz CT molecular complexity index is 1340. The van der Waals surface area contributed by atoms with Crippen molar-refractivity contribution >= 4 is 28.9 Å². The van der Waals surface area contributed by atoms with Gasteiger partial charge in [0.05, 0.1) is 24.9 Å². The highest BCUT2D eigenvalue weighted by atomic mass is 32.1. The number of pyridine rings is 1. The number of carbonyl (C=O) groups is 1. The zero-order chi connectivity index (χ0) is 24.9. The number of nitrogens with zero attached hydrogens (tertiary/aromatic N) is 3. The number of carbonyl (C=O) groups excluding carboxylic acids is 1. The molecule has 2 aromatic carbocycles. The number of hydrogen-bond acceptors (Lipinski definition) is 4. The van der Waals surface area contributed by atoms with Gasteiger partial charge < -0.3 is 24.8 Å². The Hall–Kier alpha value is -4.17. The lowest BCUT2D eigenvalue weighted by atomic mass is 10.0. The third kappa shape index (κ3) is 4.94. The lowest BCUT2D eigenvalue weighted by Crippen LogP contribution is -2.33. The molecule has 1 aliphatic rings. The molecule has 7 nitrogen and oxygen atoms in total. The van der Waals surface area contributed by atoms with Gasteiger partial charge in [-0.1, -0.05) is 30.3 Å². The highest BCUT2D eigenvalue weighted by Crippen LogP contribution is 2.39. The van der Waals surface area contributed by atoms with Gasteiger partial charge in [0.25, 0.3) is 0 Å². The summed E-state index contributed by atoms with van der Waals surface area (Å²) in [7, 11) is 1.66. The van der Waals surface area contributed by atoms with Crippen LogP contribution in [0.5, 0.6) is 5.75 Å². The van der Waals surface area contributed by atoms with Crippen molar-refractivity contribution in [1.82, 2.24) is 19.8 Å². The number of methoxy groups -OCH3 is 1. The van der Waals surface area contributed by atoms with Crippen molar-refractivity contribution in [3.05, 3.63) is 109 Å². The maximum atomic E-state index is 12.7. The highest BCUT2D eigenvalue weighted by Gasteiger charge is 2.41. The largest absolute Gasteiger partial charge is 0.497 e. The van der Waals surface area contributed by atoms with Crippen molar-refractivity contribution in [3.63, 3.8) is 0 Å². The quantitative estimate of drug-likeness (QED) is 0.338. The molecule has 3 heterocycles.